The van der Waals surface area contributed by atoms with Gasteiger partial charge in [-0.25, -0.2) is 0 Å². The maximum absolute atomic E-state index is 12.8. The number of halogens is 1. The van der Waals surface area contributed by atoms with Gasteiger partial charge in [0.25, 0.3) is 0 Å². The molecule has 142 valence electrons. The molecule has 2 amide bonds. The Bertz CT molecular complexity index is 644. The van der Waals surface area contributed by atoms with Crippen molar-refractivity contribution in [2.75, 3.05) is 25.4 Å². The predicted molar refractivity (Wildman–Crippen MR) is 107 cm³/mol. The summed E-state index contributed by atoms with van der Waals surface area (Å²) in [5.74, 6) is 1.58. The molecular formula is C20H27ClN2O2S. The van der Waals surface area contributed by atoms with Crippen LogP contribution in [0.3, 0.4) is 0 Å². The fourth-order valence-corrected chi connectivity index (χ4v) is 5.59. The van der Waals surface area contributed by atoms with E-state index in [1.165, 1.54) is 0 Å². The van der Waals surface area contributed by atoms with Crippen LogP contribution < -0.4 is 0 Å². The summed E-state index contributed by atoms with van der Waals surface area (Å²) in [6.07, 6.45) is 2.25. The molecule has 0 aromatic heterocycles. The molecule has 0 radical (unpaired) electrons. The summed E-state index contributed by atoms with van der Waals surface area (Å²) >= 11 is 8.30. The lowest BCUT2D eigenvalue weighted by molar-refractivity contribution is -0.137. The average molecular weight is 395 g/mol. The highest BCUT2D eigenvalue weighted by Gasteiger charge is 2.47. The van der Waals surface area contributed by atoms with E-state index in [-0.39, 0.29) is 16.7 Å². The molecule has 3 rings (SSSR count). The second kappa shape index (κ2) is 8.22. The van der Waals surface area contributed by atoms with Gasteiger partial charge in [0, 0.05) is 31.8 Å². The number of rotatable bonds is 4. The Morgan fingerprint density at radius 1 is 1.15 bits per heavy atom. The van der Waals surface area contributed by atoms with Gasteiger partial charge in [0.15, 0.2) is 0 Å². The van der Waals surface area contributed by atoms with Crippen LogP contribution in [0.4, 0.5) is 0 Å². The van der Waals surface area contributed by atoms with Crippen LogP contribution in [-0.2, 0) is 9.59 Å². The van der Waals surface area contributed by atoms with E-state index in [2.05, 4.69) is 18.7 Å². The average Bonchev–Trinajstić information content (AvgIpc) is 3.04. The molecule has 2 fully saturated rings. The van der Waals surface area contributed by atoms with Crippen molar-refractivity contribution in [2.45, 2.75) is 43.4 Å². The van der Waals surface area contributed by atoms with E-state index in [9.17, 15) is 9.59 Å². The van der Waals surface area contributed by atoms with E-state index in [0.29, 0.717) is 25.4 Å². The first-order valence-electron chi connectivity index (χ1n) is 9.35. The van der Waals surface area contributed by atoms with Crippen LogP contribution in [0.15, 0.2) is 30.3 Å². The lowest BCUT2D eigenvalue weighted by Gasteiger charge is -2.44. The summed E-state index contributed by atoms with van der Waals surface area (Å²) in [7, 11) is 0. The van der Waals surface area contributed by atoms with Gasteiger partial charge < -0.3 is 9.80 Å². The molecule has 26 heavy (non-hydrogen) atoms. The molecule has 1 spiro atoms. The number of carbonyl (C=O) groups excluding carboxylic acids is 2. The Morgan fingerprint density at radius 2 is 1.81 bits per heavy atom. The number of carbonyl (C=O) groups is 2. The topological polar surface area (TPSA) is 40.6 Å². The molecule has 6 heteroatoms. The van der Waals surface area contributed by atoms with Gasteiger partial charge in [0.05, 0.1) is 4.87 Å². The van der Waals surface area contributed by atoms with Crippen molar-refractivity contribution < 1.29 is 9.59 Å². The van der Waals surface area contributed by atoms with Crippen LogP contribution in [0.5, 0.6) is 0 Å². The first kappa shape index (κ1) is 19.6. The molecule has 1 unspecified atom stereocenters. The Balaban J connectivity index is 1.63. The van der Waals surface area contributed by atoms with Crippen molar-refractivity contribution in [3.8, 4) is 0 Å². The highest BCUT2D eigenvalue weighted by atomic mass is 35.5. The van der Waals surface area contributed by atoms with Gasteiger partial charge in [-0.3, -0.25) is 9.59 Å². The first-order chi connectivity index (χ1) is 12.4. The highest BCUT2D eigenvalue weighted by Crippen LogP contribution is 2.44. The fourth-order valence-electron chi connectivity index (χ4n) is 3.84. The minimum absolute atomic E-state index is 0.0317. The van der Waals surface area contributed by atoms with Crippen LogP contribution >= 0.6 is 23.4 Å². The second-order valence-electron chi connectivity index (χ2n) is 7.54. The monoisotopic (exact) mass is 394 g/mol. The summed E-state index contributed by atoms with van der Waals surface area (Å²) in [6.45, 7) is 6.31. The number of benzene rings is 1. The van der Waals surface area contributed by atoms with Crippen LogP contribution in [0.2, 0.25) is 0 Å². The van der Waals surface area contributed by atoms with E-state index in [0.717, 1.165) is 30.7 Å². The van der Waals surface area contributed by atoms with Crippen molar-refractivity contribution in [1.29, 1.82) is 0 Å². The summed E-state index contributed by atoms with van der Waals surface area (Å²) in [5, 5.41) is -0.639. The molecule has 1 aromatic carbocycles. The zero-order valence-electron chi connectivity index (χ0n) is 15.5. The number of thioether (sulfide) groups is 1. The number of amides is 2. The largest absolute Gasteiger partial charge is 0.341 e. The number of alkyl halides is 1. The van der Waals surface area contributed by atoms with E-state index in [1.54, 1.807) is 0 Å². The van der Waals surface area contributed by atoms with Crippen LogP contribution in [-0.4, -0.2) is 51.9 Å². The quantitative estimate of drug-likeness (QED) is 0.727. The highest BCUT2D eigenvalue weighted by molar-refractivity contribution is 8.00. The van der Waals surface area contributed by atoms with Gasteiger partial charge in [-0.05, 0) is 24.3 Å². The standard InChI is InChI=1S/C20H27ClN2O2S/c1-15(2)14-17(24)23-12-13-26-20(23)8-10-22(11-9-20)19(25)18(21)16-6-4-3-5-7-16/h3-7,15,18H,8-14H2,1-2H3. The van der Waals surface area contributed by atoms with E-state index >= 15 is 0 Å². The Morgan fingerprint density at radius 3 is 2.42 bits per heavy atom. The predicted octanol–water partition coefficient (Wildman–Crippen LogP) is 3.91. The summed E-state index contributed by atoms with van der Waals surface area (Å²) in [6, 6.07) is 9.50. The second-order valence-corrected chi connectivity index (χ2v) is 9.43. The molecule has 0 N–H and O–H groups in total. The molecule has 0 aliphatic carbocycles. The first-order valence-corrected chi connectivity index (χ1v) is 10.8. The zero-order chi connectivity index (χ0) is 18.7. The summed E-state index contributed by atoms with van der Waals surface area (Å²) < 4.78 is 0. The van der Waals surface area contributed by atoms with Crippen molar-refractivity contribution >= 4 is 35.2 Å². The van der Waals surface area contributed by atoms with Crippen molar-refractivity contribution in [3.63, 3.8) is 0 Å². The van der Waals surface area contributed by atoms with Crippen LogP contribution in [0.25, 0.3) is 0 Å². The molecule has 2 heterocycles. The van der Waals surface area contributed by atoms with Crippen molar-refractivity contribution in [2.24, 2.45) is 5.92 Å². The molecule has 1 atom stereocenters. The van der Waals surface area contributed by atoms with E-state index in [4.69, 9.17) is 11.6 Å². The van der Waals surface area contributed by atoms with Crippen LogP contribution in [0, 0.1) is 5.92 Å². The van der Waals surface area contributed by atoms with Crippen molar-refractivity contribution in [3.05, 3.63) is 35.9 Å². The normalized spacial score (nSPS) is 20.6. The number of likely N-dealkylation sites (tertiary alicyclic amines) is 1. The third kappa shape index (κ3) is 4.04. The van der Waals surface area contributed by atoms with E-state index in [1.807, 2.05) is 47.0 Å². The number of hydrogen-bond donors (Lipinski definition) is 0. The molecule has 2 aliphatic rings. The molecular weight excluding hydrogens is 368 g/mol. The maximum Gasteiger partial charge on any atom is 0.245 e. The molecule has 2 saturated heterocycles. The van der Waals surface area contributed by atoms with Gasteiger partial charge in [-0.15, -0.1) is 23.4 Å². The molecule has 0 bridgehead atoms. The van der Waals surface area contributed by atoms with Gasteiger partial charge in [0.2, 0.25) is 11.8 Å². The lowest BCUT2D eigenvalue weighted by atomic mass is 9.99. The Hall–Kier alpha value is -1.20. The van der Waals surface area contributed by atoms with Gasteiger partial charge in [-0.1, -0.05) is 44.2 Å². The molecule has 4 nitrogen and oxygen atoms in total. The Labute approximate surface area is 165 Å². The minimum atomic E-state index is -0.639. The number of hydrogen-bond acceptors (Lipinski definition) is 3. The third-order valence-corrected chi connectivity index (χ3v) is 7.22. The maximum atomic E-state index is 12.8. The van der Waals surface area contributed by atoms with Crippen LogP contribution in [0.1, 0.15) is 44.1 Å². The molecule has 1 aromatic rings. The number of nitrogens with zero attached hydrogens (tertiary/aromatic N) is 2. The van der Waals surface area contributed by atoms with Gasteiger partial charge in [-0.2, -0.15) is 0 Å². The van der Waals surface area contributed by atoms with Gasteiger partial charge in [0.1, 0.15) is 5.38 Å². The smallest absolute Gasteiger partial charge is 0.245 e. The van der Waals surface area contributed by atoms with Crippen molar-refractivity contribution in [1.82, 2.24) is 9.80 Å². The van der Waals surface area contributed by atoms with E-state index < -0.39 is 5.38 Å². The number of piperidine rings is 1. The summed E-state index contributed by atoms with van der Waals surface area (Å²) in [4.78, 5) is 29.2. The molecule has 2 aliphatic heterocycles. The SMILES string of the molecule is CC(C)CC(=O)N1CCSC12CCN(C(=O)C(Cl)c1ccccc1)CC2. The zero-order valence-corrected chi connectivity index (χ0v) is 17.1. The third-order valence-electron chi connectivity index (χ3n) is 5.23. The van der Waals surface area contributed by atoms with Gasteiger partial charge >= 0.3 is 0 Å². The fraction of sp³-hybridized carbons (Fsp3) is 0.600. The lowest BCUT2D eigenvalue weighted by Crippen LogP contribution is -2.54. The molecule has 0 saturated carbocycles. The Kier molecular flexibility index (Phi) is 6.18. The minimum Gasteiger partial charge on any atom is -0.341 e. The summed E-state index contributed by atoms with van der Waals surface area (Å²) in [5.41, 5.74) is 0.837.